The Morgan fingerprint density at radius 1 is 0.889 bits per heavy atom. The molecule has 0 amide bonds. The third-order valence-corrected chi connectivity index (χ3v) is 6.44. The number of ether oxygens (including phenoxy) is 1. The Balaban J connectivity index is 1.89. The maximum Gasteiger partial charge on any atom is 0.417 e. The molecule has 0 atom stereocenters. The van der Waals surface area contributed by atoms with Gasteiger partial charge in [-0.15, -0.1) is 0 Å². The molecule has 0 spiro atoms. The van der Waals surface area contributed by atoms with Gasteiger partial charge in [0.25, 0.3) is 0 Å². The van der Waals surface area contributed by atoms with Crippen LogP contribution in [0.15, 0.2) is 72.8 Å². The number of nitrogens with zero attached hydrogens (tertiary/aromatic N) is 3. The molecule has 0 N–H and O–H groups in total. The Bertz CT molecular complexity index is 1590. The van der Waals surface area contributed by atoms with Crippen molar-refractivity contribution < 1.29 is 17.9 Å². The number of benzene rings is 3. The number of methoxy groups -OCH3 is 1. The van der Waals surface area contributed by atoms with Crippen LogP contribution in [0.25, 0.3) is 39.2 Å². The molecule has 36 heavy (non-hydrogen) atoms. The maximum absolute atomic E-state index is 14.5. The van der Waals surface area contributed by atoms with Crippen LogP contribution in [-0.2, 0) is 6.18 Å². The fourth-order valence-electron chi connectivity index (χ4n) is 4.08. The van der Waals surface area contributed by atoms with E-state index in [1.54, 1.807) is 54.6 Å². The largest absolute Gasteiger partial charge is 0.497 e. The molecule has 2 heterocycles. The van der Waals surface area contributed by atoms with Crippen molar-refractivity contribution >= 4 is 22.6 Å². The summed E-state index contributed by atoms with van der Waals surface area (Å²) in [4.78, 5) is 4.69. The number of halogens is 4. The zero-order valence-corrected chi connectivity index (χ0v) is 20.4. The van der Waals surface area contributed by atoms with Crippen LogP contribution >= 0.6 is 11.6 Å². The van der Waals surface area contributed by atoms with E-state index in [0.717, 1.165) is 17.2 Å². The molecule has 2 aromatic heterocycles. The Kier molecular flexibility index (Phi) is 5.96. The van der Waals surface area contributed by atoms with Gasteiger partial charge in [-0.2, -0.15) is 18.3 Å². The van der Waals surface area contributed by atoms with Crippen molar-refractivity contribution in [1.29, 1.82) is 0 Å². The summed E-state index contributed by atoms with van der Waals surface area (Å²) in [5.74, 6) is 0.516. The van der Waals surface area contributed by atoms with Crippen molar-refractivity contribution in [2.24, 2.45) is 0 Å². The number of rotatable bonds is 4. The summed E-state index contributed by atoms with van der Waals surface area (Å²) in [5, 5.41) is 5.05. The number of pyridine rings is 1. The van der Waals surface area contributed by atoms with Gasteiger partial charge in [0.1, 0.15) is 11.4 Å². The maximum atomic E-state index is 14.5. The summed E-state index contributed by atoms with van der Waals surface area (Å²) >= 11 is 6.37. The molecular formula is C28H21ClF3N3O. The van der Waals surface area contributed by atoms with Crippen LogP contribution in [0.5, 0.6) is 5.75 Å². The van der Waals surface area contributed by atoms with Gasteiger partial charge < -0.3 is 4.74 Å². The number of aryl methyl sites for hydroxylation is 2. The lowest BCUT2D eigenvalue weighted by Crippen LogP contribution is -2.08. The minimum absolute atomic E-state index is 0.0744. The van der Waals surface area contributed by atoms with E-state index >= 15 is 0 Å². The van der Waals surface area contributed by atoms with Gasteiger partial charge >= 0.3 is 6.18 Å². The number of hydrogen-bond donors (Lipinski definition) is 0. The molecule has 8 heteroatoms. The third-order valence-electron chi connectivity index (χ3n) is 6.03. The van der Waals surface area contributed by atoms with E-state index in [2.05, 4.69) is 10.1 Å². The second-order valence-corrected chi connectivity index (χ2v) is 8.95. The summed E-state index contributed by atoms with van der Waals surface area (Å²) in [5.41, 5.74) is 3.01. The fraction of sp³-hybridized carbons (Fsp3) is 0.143. The molecular weight excluding hydrogens is 487 g/mol. The predicted octanol–water partition coefficient (Wildman–Crippen LogP) is 8.05. The standard InChI is InChI=1S/C28H21ClF3N3O/c1-16-7-10-18(11-8-16)26-25-22(28(30,31)32)15-24(19-5-4-6-21(13-19)36-3)33-27(25)35(34-26)20-12-9-17(2)23(29)14-20/h4-15H,1-3H3. The Labute approximate surface area is 210 Å². The molecule has 0 aliphatic rings. The van der Waals surface area contributed by atoms with E-state index < -0.39 is 11.7 Å². The summed E-state index contributed by atoms with van der Waals surface area (Å²) in [6.45, 7) is 3.77. The summed E-state index contributed by atoms with van der Waals surface area (Å²) in [6.07, 6.45) is -4.65. The highest BCUT2D eigenvalue weighted by Crippen LogP contribution is 2.42. The zero-order valence-electron chi connectivity index (χ0n) is 19.7. The zero-order chi connectivity index (χ0) is 25.6. The SMILES string of the molecule is COc1cccc(-c2cc(C(F)(F)F)c3c(-c4ccc(C)cc4)nn(-c4ccc(C)c(Cl)c4)c3n2)c1. The Hall–Kier alpha value is -3.84. The first-order chi connectivity index (χ1) is 17.2. The molecule has 0 radical (unpaired) electrons. The highest BCUT2D eigenvalue weighted by atomic mass is 35.5. The Morgan fingerprint density at radius 3 is 2.31 bits per heavy atom. The van der Waals surface area contributed by atoms with Gasteiger partial charge in [-0.1, -0.05) is 59.6 Å². The van der Waals surface area contributed by atoms with Gasteiger partial charge in [0.2, 0.25) is 0 Å². The normalized spacial score (nSPS) is 11.8. The minimum Gasteiger partial charge on any atom is -0.497 e. The topological polar surface area (TPSA) is 39.9 Å². The van der Waals surface area contributed by atoms with Crippen molar-refractivity contribution in [1.82, 2.24) is 14.8 Å². The molecule has 0 fully saturated rings. The molecule has 5 rings (SSSR count). The Morgan fingerprint density at radius 2 is 1.64 bits per heavy atom. The van der Waals surface area contributed by atoms with Gasteiger partial charge in [-0.05, 0) is 49.7 Å². The molecule has 0 saturated heterocycles. The second kappa shape index (κ2) is 8.99. The highest BCUT2D eigenvalue weighted by molar-refractivity contribution is 6.31. The summed E-state index contributed by atoms with van der Waals surface area (Å²) < 4.78 is 50.3. The lowest BCUT2D eigenvalue weighted by atomic mass is 10.0. The van der Waals surface area contributed by atoms with Crippen LogP contribution in [-0.4, -0.2) is 21.9 Å². The predicted molar refractivity (Wildman–Crippen MR) is 136 cm³/mol. The number of alkyl halides is 3. The minimum atomic E-state index is -4.65. The summed E-state index contributed by atoms with van der Waals surface area (Å²) in [6, 6.07) is 20.3. The average molecular weight is 508 g/mol. The smallest absolute Gasteiger partial charge is 0.417 e. The van der Waals surface area contributed by atoms with Crippen molar-refractivity contribution in [3.05, 3.63) is 94.5 Å². The van der Waals surface area contributed by atoms with Crippen LogP contribution in [0.1, 0.15) is 16.7 Å². The third kappa shape index (κ3) is 4.31. The van der Waals surface area contributed by atoms with Gasteiger partial charge in [-0.3, -0.25) is 0 Å². The van der Waals surface area contributed by atoms with Crippen LogP contribution in [0, 0.1) is 13.8 Å². The molecule has 3 aromatic carbocycles. The van der Waals surface area contributed by atoms with E-state index in [9.17, 15) is 13.2 Å². The van der Waals surface area contributed by atoms with Crippen LogP contribution in [0.2, 0.25) is 5.02 Å². The molecule has 0 saturated carbocycles. The number of fused-ring (bicyclic) bond motifs is 1. The van der Waals surface area contributed by atoms with Crippen LogP contribution in [0.3, 0.4) is 0 Å². The first kappa shape index (κ1) is 23.9. The molecule has 0 bridgehead atoms. The van der Waals surface area contributed by atoms with Crippen LogP contribution in [0.4, 0.5) is 13.2 Å². The number of hydrogen-bond acceptors (Lipinski definition) is 3. The molecule has 182 valence electrons. The molecule has 5 aromatic rings. The lowest BCUT2D eigenvalue weighted by Gasteiger charge is -2.13. The molecule has 0 aliphatic heterocycles. The van der Waals surface area contributed by atoms with E-state index in [-0.39, 0.29) is 22.4 Å². The second-order valence-electron chi connectivity index (χ2n) is 8.54. The highest BCUT2D eigenvalue weighted by Gasteiger charge is 2.36. The first-order valence-electron chi connectivity index (χ1n) is 11.1. The lowest BCUT2D eigenvalue weighted by molar-refractivity contribution is -0.136. The quantitative estimate of drug-likeness (QED) is 0.247. The fourth-order valence-corrected chi connectivity index (χ4v) is 4.25. The molecule has 0 unspecified atom stereocenters. The van der Waals surface area contributed by atoms with Gasteiger partial charge in [0.15, 0.2) is 5.65 Å². The van der Waals surface area contributed by atoms with E-state index in [4.69, 9.17) is 16.3 Å². The van der Waals surface area contributed by atoms with E-state index in [0.29, 0.717) is 27.6 Å². The first-order valence-corrected chi connectivity index (χ1v) is 11.5. The van der Waals surface area contributed by atoms with Gasteiger partial charge in [0, 0.05) is 16.1 Å². The summed E-state index contributed by atoms with van der Waals surface area (Å²) in [7, 11) is 1.50. The van der Waals surface area contributed by atoms with Gasteiger partial charge in [-0.25, -0.2) is 9.67 Å². The monoisotopic (exact) mass is 507 g/mol. The van der Waals surface area contributed by atoms with Crippen molar-refractivity contribution in [2.75, 3.05) is 7.11 Å². The molecule has 0 aliphatic carbocycles. The molecule has 4 nitrogen and oxygen atoms in total. The van der Waals surface area contributed by atoms with Crippen LogP contribution < -0.4 is 4.74 Å². The number of aromatic nitrogens is 3. The van der Waals surface area contributed by atoms with Crippen molar-refractivity contribution in [3.8, 4) is 34.0 Å². The van der Waals surface area contributed by atoms with E-state index in [1.165, 1.54) is 11.8 Å². The van der Waals surface area contributed by atoms with E-state index in [1.807, 2.05) is 26.0 Å². The average Bonchev–Trinajstić information content (AvgIpc) is 3.24. The van der Waals surface area contributed by atoms with Gasteiger partial charge in [0.05, 0.1) is 29.4 Å². The van der Waals surface area contributed by atoms with Crippen molar-refractivity contribution in [3.63, 3.8) is 0 Å². The van der Waals surface area contributed by atoms with Crippen molar-refractivity contribution in [2.45, 2.75) is 20.0 Å².